The summed E-state index contributed by atoms with van der Waals surface area (Å²) in [5, 5.41) is 2.84. The summed E-state index contributed by atoms with van der Waals surface area (Å²) in [6.45, 7) is 4.67. The van der Waals surface area contributed by atoms with E-state index in [2.05, 4.69) is 5.32 Å². The van der Waals surface area contributed by atoms with Crippen molar-refractivity contribution < 1.29 is 19.0 Å². The maximum absolute atomic E-state index is 12.3. The first kappa shape index (κ1) is 20.3. The zero-order valence-electron chi connectivity index (χ0n) is 16.7. The van der Waals surface area contributed by atoms with Crippen LogP contribution in [0, 0.1) is 13.8 Å². The second-order valence-corrected chi connectivity index (χ2v) is 6.61. The second-order valence-electron chi connectivity index (χ2n) is 6.61. The average molecular weight is 391 g/mol. The fourth-order valence-electron chi connectivity index (χ4n) is 2.81. The Morgan fingerprint density at radius 3 is 2.31 bits per heavy atom. The highest BCUT2D eigenvalue weighted by Gasteiger charge is 2.09. The van der Waals surface area contributed by atoms with E-state index >= 15 is 0 Å². The molecule has 0 aliphatic heterocycles. The van der Waals surface area contributed by atoms with Crippen LogP contribution in [0.2, 0.25) is 0 Å². The maximum atomic E-state index is 12.3. The first-order chi connectivity index (χ1) is 14.1. The summed E-state index contributed by atoms with van der Waals surface area (Å²) in [7, 11) is 0. The quantitative estimate of drug-likeness (QED) is 0.534. The normalized spacial score (nSPS) is 10.3. The number of nitrogens with one attached hydrogen (secondary N) is 1. The van der Waals surface area contributed by atoms with Crippen molar-refractivity contribution in [1.29, 1.82) is 0 Å². The third-order valence-corrected chi connectivity index (χ3v) is 4.20. The molecule has 0 heterocycles. The molecule has 0 aliphatic carbocycles. The topological polar surface area (TPSA) is 56.8 Å². The number of amides is 1. The maximum Gasteiger partial charge on any atom is 0.262 e. The molecule has 0 radical (unpaired) electrons. The van der Waals surface area contributed by atoms with Gasteiger partial charge < -0.3 is 19.5 Å². The molecule has 5 nitrogen and oxygen atoms in total. The van der Waals surface area contributed by atoms with E-state index in [1.54, 1.807) is 6.07 Å². The first-order valence-electron chi connectivity index (χ1n) is 9.51. The van der Waals surface area contributed by atoms with Crippen molar-refractivity contribution in [2.75, 3.05) is 25.1 Å². The molecular weight excluding hydrogens is 366 g/mol. The number of carbonyl (C=O) groups excluding carboxylic acids is 1. The van der Waals surface area contributed by atoms with Gasteiger partial charge in [-0.15, -0.1) is 0 Å². The lowest BCUT2D eigenvalue weighted by atomic mass is 10.1. The van der Waals surface area contributed by atoms with Gasteiger partial charge in [-0.1, -0.05) is 48.0 Å². The van der Waals surface area contributed by atoms with Gasteiger partial charge in [0.2, 0.25) is 0 Å². The lowest BCUT2D eigenvalue weighted by Crippen LogP contribution is -2.21. The molecule has 29 heavy (non-hydrogen) atoms. The number of benzene rings is 3. The van der Waals surface area contributed by atoms with Gasteiger partial charge in [0.1, 0.15) is 30.5 Å². The van der Waals surface area contributed by atoms with Crippen LogP contribution in [0.25, 0.3) is 0 Å². The van der Waals surface area contributed by atoms with E-state index in [4.69, 9.17) is 14.2 Å². The molecule has 1 amide bonds. The molecule has 0 spiro atoms. The Morgan fingerprint density at radius 1 is 0.793 bits per heavy atom. The van der Waals surface area contributed by atoms with Crippen LogP contribution in [0.15, 0.2) is 72.8 Å². The number of ether oxygens (including phenoxy) is 3. The van der Waals surface area contributed by atoms with E-state index in [0.29, 0.717) is 30.4 Å². The molecule has 3 aromatic carbocycles. The van der Waals surface area contributed by atoms with Gasteiger partial charge >= 0.3 is 0 Å². The molecule has 0 unspecified atom stereocenters. The SMILES string of the molecule is Cc1ccc(OCC(=O)Nc2ccccc2OCCOc2ccccc2)c(C)c1. The minimum Gasteiger partial charge on any atom is -0.490 e. The third kappa shape index (κ3) is 6.28. The number of anilines is 1. The average Bonchev–Trinajstić information content (AvgIpc) is 2.72. The summed E-state index contributed by atoms with van der Waals surface area (Å²) in [5.41, 5.74) is 2.75. The number of para-hydroxylation sites is 3. The molecule has 0 bridgehead atoms. The fourth-order valence-corrected chi connectivity index (χ4v) is 2.81. The number of hydrogen-bond donors (Lipinski definition) is 1. The minimum atomic E-state index is -0.249. The molecule has 3 rings (SSSR count). The Kier molecular flexibility index (Phi) is 7.11. The van der Waals surface area contributed by atoms with Crippen LogP contribution in [-0.4, -0.2) is 25.7 Å². The number of carbonyl (C=O) groups is 1. The van der Waals surface area contributed by atoms with Gasteiger partial charge in [-0.2, -0.15) is 0 Å². The summed E-state index contributed by atoms with van der Waals surface area (Å²) < 4.78 is 17.0. The van der Waals surface area contributed by atoms with E-state index in [-0.39, 0.29) is 12.5 Å². The number of rotatable bonds is 9. The second kappa shape index (κ2) is 10.2. The zero-order valence-corrected chi connectivity index (χ0v) is 16.7. The lowest BCUT2D eigenvalue weighted by molar-refractivity contribution is -0.118. The van der Waals surface area contributed by atoms with Crippen LogP contribution in [0.4, 0.5) is 5.69 Å². The summed E-state index contributed by atoms with van der Waals surface area (Å²) in [6.07, 6.45) is 0. The predicted molar refractivity (Wildman–Crippen MR) is 114 cm³/mol. The molecule has 0 saturated carbocycles. The van der Waals surface area contributed by atoms with Crippen LogP contribution >= 0.6 is 0 Å². The monoisotopic (exact) mass is 391 g/mol. The highest BCUT2D eigenvalue weighted by atomic mass is 16.5. The Hall–Kier alpha value is -3.47. The Bertz CT molecular complexity index is 941. The molecule has 5 heteroatoms. The third-order valence-electron chi connectivity index (χ3n) is 4.20. The largest absolute Gasteiger partial charge is 0.490 e. The summed E-state index contributed by atoms with van der Waals surface area (Å²) in [4.78, 5) is 12.3. The van der Waals surface area contributed by atoms with Gasteiger partial charge in [0.25, 0.3) is 5.91 Å². The molecule has 0 aliphatic rings. The van der Waals surface area contributed by atoms with Gasteiger partial charge in [0.05, 0.1) is 5.69 Å². The summed E-state index contributed by atoms with van der Waals surface area (Å²) in [6, 6.07) is 22.7. The van der Waals surface area contributed by atoms with Crippen molar-refractivity contribution in [1.82, 2.24) is 0 Å². The van der Waals surface area contributed by atoms with E-state index < -0.39 is 0 Å². The predicted octanol–water partition coefficient (Wildman–Crippen LogP) is 4.78. The van der Waals surface area contributed by atoms with Crippen LogP contribution in [0.3, 0.4) is 0 Å². The van der Waals surface area contributed by atoms with Crippen LogP contribution in [-0.2, 0) is 4.79 Å². The highest BCUT2D eigenvalue weighted by Crippen LogP contribution is 2.24. The van der Waals surface area contributed by atoms with Crippen molar-refractivity contribution in [3.05, 3.63) is 83.9 Å². The van der Waals surface area contributed by atoms with E-state index in [1.165, 1.54) is 0 Å². The minimum absolute atomic E-state index is 0.0741. The highest BCUT2D eigenvalue weighted by molar-refractivity contribution is 5.93. The molecule has 3 aromatic rings. The van der Waals surface area contributed by atoms with Crippen molar-refractivity contribution in [2.45, 2.75) is 13.8 Å². The molecule has 150 valence electrons. The summed E-state index contributed by atoms with van der Waals surface area (Å²) >= 11 is 0. The summed E-state index contributed by atoms with van der Waals surface area (Å²) in [5.74, 6) is 1.83. The molecule has 0 aromatic heterocycles. The van der Waals surface area contributed by atoms with Crippen molar-refractivity contribution in [2.24, 2.45) is 0 Å². The molecule has 0 fully saturated rings. The van der Waals surface area contributed by atoms with Gasteiger partial charge in [-0.3, -0.25) is 4.79 Å². The number of aryl methyl sites for hydroxylation is 2. The smallest absolute Gasteiger partial charge is 0.262 e. The molecule has 1 N–H and O–H groups in total. The molecule has 0 saturated heterocycles. The van der Waals surface area contributed by atoms with E-state index in [9.17, 15) is 4.79 Å². The van der Waals surface area contributed by atoms with Crippen LogP contribution in [0.1, 0.15) is 11.1 Å². The zero-order chi connectivity index (χ0) is 20.5. The van der Waals surface area contributed by atoms with Gasteiger partial charge in [0, 0.05) is 0 Å². The Balaban J connectivity index is 1.49. The van der Waals surface area contributed by atoms with Crippen molar-refractivity contribution in [3.63, 3.8) is 0 Å². The number of hydrogen-bond acceptors (Lipinski definition) is 4. The lowest BCUT2D eigenvalue weighted by Gasteiger charge is -2.14. The van der Waals surface area contributed by atoms with Crippen LogP contribution in [0.5, 0.6) is 17.2 Å². The standard InChI is InChI=1S/C24H25NO4/c1-18-12-13-22(19(2)16-18)29-17-24(26)25-21-10-6-7-11-23(21)28-15-14-27-20-8-4-3-5-9-20/h3-13,16H,14-15,17H2,1-2H3,(H,25,26). The Labute approximate surface area is 171 Å². The van der Waals surface area contributed by atoms with Gasteiger partial charge in [-0.05, 0) is 49.7 Å². The van der Waals surface area contributed by atoms with Gasteiger partial charge in [-0.25, -0.2) is 0 Å². The molecule has 0 atom stereocenters. The van der Waals surface area contributed by atoms with Gasteiger partial charge in [0.15, 0.2) is 6.61 Å². The Morgan fingerprint density at radius 2 is 1.52 bits per heavy atom. The fraction of sp³-hybridized carbons (Fsp3) is 0.208. The van der Waals surface area contributed by atoms with Crippen LogP contribution < -0.4 is 19.5 Å². The van der Waals surface area contributed by atoms with Crippen molar-refractivity contribution in [3.8, 4) is 17.2 Å². The van der Waals surface area contributed by atoms with E-state index in [1.807, 2.05) is 80.6 Å². The first-order valence-corrected chi connectivity index (χ1v) is 9.51. The van der Waals surface area contributed by atoms with E-state index in [0.717, 1.165) is 16.9 Å². The molecular formula is C24H25NO4. The van der Waals surface area contributed by atoms with Crippen molar-refractivity contribution >= 4 is 11.6 Å².